The number of hydrogen-bond donors (Lipinski definition) is 1. The normalized spacial score (nSPS) is 12.5. The van der Waals surface area contributed by atoms with Crippen molar-refractivity contribution in [1.29, 1.82) is 0 Å². The summed E-state index contributed by atoms with van der Waals surface area (Å²) in [5.41, 5.74) is -0.361. The fraction of sp³-hybridized carbons (Fsp3) is 0.391. The summed E-state index contributed by atoms with van der Waals surface area (Å²) < 4.78 is 25.9. The zero-order valence-electron chi connectivity index (χ0n) is 20.2. The van der Waals surface area contributed by atoms with Gasteiger partial charge in [0.25, 0.3) is 5.69 Å². The second kappa shape index (κ2) is 11.0. The van der Waals surface area contributed by atoms with Gasteiger partial charge in [-0.3, -0.25) is 24.0 Å². The molecule has 12 heteroatoms. The van der Waals surface area contributed by atoms with Crippen LogP contribution in [0.3, 0.4) is 0 Å². The van der Waals surface area contributed by atoms with Crippen LogP contribution in [0.25, 0.3) is 0 Å². The number of nitro groups is 1. The van der Waals surface area contributed by atoms with E-state index in [2.05, 4.69) is 5.32 Å². The first-order chi connectivity index (χ1) is 16.1. The van der Waals surface area contributed by atoms with Crippen LogP contribution in [-0.2, 0) is 26.2 Å². The molecule has 0 aliphatic heterocycles. The molecule has 35 heavy (non-hydrogen) atoms. The summed E-state index contributed by atoms with van der Waals surface area (Å²) in [5, 5.41) is 14.4. The van der Waals surface area contributed by atoms with Crippen LogP contribution < -0.4 is 9.62 Å². The zero-order valence-corrected chi connectivity index (χ0v) is 21.8. The highest BCUT2D eigenvalue weighted by atomic mass is 35.5. The van der Waals surface area contributed by atoms with Crippen molar-refractivity contribution in [1.82, 2.24) is 10.2 Å². The molecule has 2 rings (SSSR count). The number of amides is 2. The molecule has 1 N–H and O–H groups in total. The maximum Gasteiger partial charge on any atom is 0.271 e. The first-order valence-corrected chi connectivity index (χ1v) is 12.9. The Morgan fingerprint density at radius 3 is 2.31 bits per heavy atom. The summed E-state index contributed by atoms with van der Waals surface area (Å²) in [5.74, 6) is -1.11. The van der Waals surface area contributed by atoms with E-state index in [-0.39, 0.29) is 17.9 Å². The van der Waals surface area contributed by atoms with E-state index >= 15 is 0 Å². The van der Waals surface area contributed by atoms with Gasteiger partial charge in [-0.25, -0.2) is 8.42 Å². The Hall–Kier alpha value is -3.18. The number of hydrogen-bond acceptors (Lipinski definition) is 6. The van der Waals surface area contributed by atoms with Crippen molar-refractivity contribution in [2.45, 2.75) is 45.8 Å². The molecule has 0 saturated carbocycles. The van der Waals surface area contributed by atoms with Crippen LogP contribution in [0.2, 0.25) is 5.02 Å². The first-order valence-electron chi connectivity index (χ1n) is 10.7. The van der Waals surface area contributed by atoms with Crippen molar-refractivity contribution in [2.24, 2.45) is 0 Å². The third-order valence-electron chi connectivity index (χ3n) is 4.97. The average Bonchev–Trinajstić information content (AvgIpc) is 2.74. The van der Waals surface area contributed by atoms with E-state index < -0.39 is 44.9 Å². The number of nitro benzene ring substituents is 1. The van der Waals surface area contributed by atoms with E-state index in [1.807, 2.05) is 0 Å². The van der Waals surface area contributed by atoms with E-state index in [0.29, 0.717) is 10.6 Å². The van der Waals surface area contributed by atoms with Crippen molar-refractivity contribution >= 4 is 44.8 Å². The molecule has 0 fully saturated rings. The molecular formula is C23H29ClN4O6S. The van der Waals surface area contributed by atoms with Crippen LogP contribution in [0.1, 0.15) is 33.3 Å². The van der Waals surface area contributed by atoms with Crippen LogP contribution in [0.4, 0.5) is 11.4 Å². The number of nitrogens with zero attached hydrogens (tertiary/aromatic N) is 3. The summed E-state index contributed by atoms with van der Waals surface area (Å²) in [6.45, 7) is 6.21. The zero-order chi connectivity index (χ0) is 26.6. The third-order valence-corrected chi connectivity index (χ3v) is 6.48. The van der Waals surface area contributed by atoms with E-state index in [1.165, 1.54) is 30.0 Å². The van der Waals surface area contributed by atoms with Gasteiger partial charge >= 0.3 is 0 Å². The van der Waals surface area contributed by atoms with Crippen molar-refractivity contribution in [3.63, 3.8) is 0 Å². The van der Waals surface area contributed by atoms with Gasteiger partial charge in [0.1, 0.15) is 12.6 Å². The van der Waals surface area contributed by atoms with Crippen LogP contribution in [-0.4, -0.2) is 54.4 Å². The van der Waals surface area contributed by atoms with Crippen LogP contribution in [0.5, 0.6) is 0 Å². The van der Waals surface area contributed by atoms with Crippen LogP contribution in [0, 0.1) is 10.1 Å². The summed E-state index contributed by atoms with van der Waals surface area (Å²) in [7, 11) is -4.01. The lowest BCUT2D eigenvalue weighted by Crippen LogP contribution is -2.54. The maximum atomic E-state index is 13.5. The molecule has 0 aliphatic carbocycles. The summed E-state index contributed by atoms with van der Waals surface area (Å²) in [6, 6.07) is 10.8. The molecule has 2 aromatic rings. The van der Waals surface area contributed by atoms with E-state index in [0.717, 1.165) is 16.6 Å². The van der Waals surface area contributed by atoms with Crippen molar-refractivity contribution < 1.29 is 22.9 Å². The standard InChI is InChI=1S/C23H29ClN4O6S/c1-16(22(30)25-23(2,3)4)26(14-17-9-6-7-12-20(17)24)21(29)15-27(35(5,33)34)18-10-8-11-19(13-18)28(31)32/h6-13,16H,14-15H2,1-5H3,(H,25,30)/t16-/m1/s1. The number of benzene rings is 2. The van der Waals surface area contributed by atoms with Gasteiger partial charge < -0.3 is 10.2 Å². The highest BCUT2D eigenvalue weighted by Crippen LogP contribution is 2.24. The molecule has 0 aliphatic rings. The topological polar surface area (TPSA) is 130 Å². The van der Waals surface area contributed by atoms with Crippen molar-refractivity contribution in [3.05, 3.63) is 69.2 Å². The molecule has 2 amide bonds. The molecule has 190 valence electrons. The Morgan fingerprint density at radius 2 is 1.77 bits per heavy atom. The van der Waals surface area contributed by atoms with E-state index in [9.17, 15) is 28.1 Å². The Kier molecular flexibility index (Phi) is 8.85. The highest BCUT2D eigenvalue weighted by molar-refractivity contribution is 7.92. The summed E-state index contributed by atoms with van der Waals surface area (Å²) in [6.07, 6.45) is 0.896. The minimum absolute atomic E-state index is 0.0421. The Morgan fingerprint density at radius 1 is 1.14 bits per heavy atom. The molecule has 0 aromatic heterocycles. The number of non-ortho nitro benzene ring substituents is 1. The number of anilines is 1. The molecule has 0 unspecified atom stereocenters. The molecule has 1 atom stereocenters. The van der Waals surface area contributed by atoms with Crippen LogP contribution >= 0.6 is 11.6 Å². The van der Waals surface area contributed by atoms with Gasteiger partial charge in [-0.05, 0) is 45.4 Å². The first kappa shape index (κ1) is 28.1. The van der Waals surface area contributed by atoms with Gasteiger partial charge in [0.05, 0.1) is 16.9 Å². The molecule has 0 radical (unpaired) electrons. The van der Waals surface area contributed by atoms with Crippen LogP contribution in [0.15, 0.2) is 48.5 Å². The largest absolute Gasteiger partial charge is 0.350 e. The SMILES string of the molecule is C[C@H](C(=O)NC(C)(C)C)N(Cc1ccccc1Cl)C(=O)CN(c1cccc([N+](=O)[O-])c1)S(C)(=O)=O. The lowest BCUT2D eigenvalue weighted by molar-refractivity contribution is -0.384. The monoisotopic (exact) mass is 524 g/mol. The van der Waals surface area contributed by atoms with Crippen molar-refractivity contribution in [3.8, 4) is 0 Å². The minimum atomic E-state index is -4.01. The predicted octanol–water partition coefficient (Wildman–Crippen LogP) is 3.35. The summed E-state index contributed by atoms with van der Waals surface area (Å²) in [4.78, 5) is 38.1. The van der Waals surface area contributed by atoms with E-state index in [1.54, 1.807) is 45.0 Å². The molecule has 0 spiro atoms. The van der Waals surface area contributed by atoms with Gasteiger partial charge in [0.2, 0.25) is 21.8 Å². The second-order valence-corrected chi connectivity index (χ2v) is 11.4. The number of nitrogens with one attached hydrogen (secondary N) is 1. The molecule has 0 saturated heterocycles. The molecule has 10 nitrogen and oxygen atoms in total. The number of carbonyl (C=O) groups excluding carboxylic acids is 2. The summed E-state index contributed by atoms with van der Waals surface area (Å²) >= 11 is 6.28. The molecular weight excluding hydrogens is 496 g/mol. The number of carbonyl (C=O) groups is 2. The number of halogens is 1. The molecule has 0 bridgehead atoms. The smallest absolute Gasteiger partial charge is 0.271 e. The number of sulfonamides is 1. The van der Waals surface area contributed by atoms with Gasteiger partial charge in [0.15, 0.2) is 0 Å². The van der Waals surface area contributed by atoms with Crippen molar-refractivity contribution in [2.75, 3.05) is 17.1 Å². The quantitative estimate of drug-likeness (QED) is 0.395. The molecule has 0 heterocycles. The second-order valence-electron chi connectivity index (χ2n) is 9.07. The molecule has 2 aromatic carbocycles. The highest BCUT2D eigenvalue weighted by Gasteiger charge is 2.32. The number of rotatable bonds is 9. The Balaban J connectivity index is 2.46. The van der Waals surface area contributed by atoms with Gasteiger partial charge in [-0.2, -0.15) is 0 Å². The minimum Gasteiger partial charge on any atom is -0.350 e. The lowest BCUT2D eigenvalue weighted by atomic mass is 10.1. The van der Waals surface area contributed by atoms with Gasteiger partial charge in [-0.15, -0.1) is 0 Å². The van der Waals surface area contributed by atoms with E-state index in [4.69, 9.17) is 11.6 Å². The fourth-order valence-electron chi connectivity index (χ4n) is 3.24. The van der Waals surface area contributed by atoms with Gasteiger partial charge in [0, 0.05) is 29.2 Å². The maximum absolute atomic E-state index is 13.5. The Labute approximate surface area is 210 Å². The lowest BCUT2D eigenvalue weighted by Gasteiger charge is -2.33. The fourth-order valence-corrected chi connectivity index (χ4v) is 4.28. The average molecular weight is 525 g/mol. The Bertz CT molecular complexity index is 1210. The predicted molar refractivity (Wildman–Crippen MR) is 135 cm³/mol. The van der Waals surface area contributed by atoms with Gasteiger partial charge in [-0.1, -0.05) is 35.9 Å². The third kappa shape index (κ3) is 7.93.